The van der Waals surface area contributed by atoms with Crippen LogP contribution in [0.2, 0.25) is 0 Å². The molecule has 0 aliphatic carbocycles. The number of aliphatic carboxylic acids is 1. The maximum Gasteiger partial charge on any atom is 0.328 e. The van der Waals surface area contributed by atoms with Gasteiger partial charge < -0.3 is 24.4 Å². The van der Waals surface area contributed by atoms with Crippen molar-refractivity contribution >= 4 is 12.0 Å². The van der Waals surface area contributed by atoms with E-state index < -0.39 is 12.0 Å². The molecular formula is C13H24N2O5. The van der Waals surface area contributed by atoms with Crippen molar-refractivity contribution in [3.63, 3.8) is 0 Å². The van der Waals surface area contributed by atoms with Gasteiger partial charge in [-0.2, -0.15) is 0 Å². The van der Waals surface area contributed by atoms with Crippen molar-refractivity contribution < 1.29 is 24.2 Å². The third kappa shape index (κ3) is 4.64. The van der Waals surface area contributed by atoms with Crippen molar-refractivity contribution in [1.82, 2.24) is 9.80 Å². The first-order valence-electron chi connectivity index (χ1n) is 6.82. The second kappa shape index (κ2) is 8.06. The lowest BCUT2D eigenvalue weighted by atomic mass is 10.2. The van der Waals surface area contributed by atoms with E-state index in [4.69, 9.17) is 9.47 Å². The van der Waals surface area contributed by atoms with Gasteiger partial charge in [0.2, 0.25) is 0 Å². The van der Waals surface area contributed by atoms with Gasteiger partial charge in [0.1, 0.15) is 0 Å². The average molecular weight is 288 g/mol. The minimum absolute atomic E-state index is 0.0425. The lowest BCUT2D eigenvalue weighted by molar-refractivity contribution is -0.147. The first kappa shape index (κ1) is 16.7. The number of nitrogens with zero attached hydrogens (tertiary/aromatic N) is 2. The van der Waals surface area contributed by atoms with Gasteiger partial charge in [-0.05, 0) is 5.92 Å². The summed E-state index contributed by atoms with van der Waals surface area (Å²) in [5, 5.41) is 9.18. The monoisotopic (exact) mass is 288 g/mol. The lowest BCUT2D eigenvalue weighted by Crippen LogP contribution is -2.57. The first-order valence-corrected chi connectivity index (χ1v) is 6.82. The predicted octanol–water partition coefficient (Wildman–Crippen LogP) is 0.496. The molecule has 1 aliphatic rings. The number of carbonyl (C=O) groups is 2. The normalized spacial score (nSPS) is 19.2. The van der Waals surface area contributed by atoms with Crippen LogP contribution >= 0.6 is 0 Å². The van der Waals surface area contributed by atoms with Crippen LogP contribution in [0.1, 0.15) is 13.8 Å². The number of methoxy groups -OCH3 is 1. The van der Waals surface area contributed by atoms with Crippen LogP contribution in [-0.4, -0.2) is 79.5 Å². The minimum atomic E-state index is -1.03. The molecule has 1 fully saturated rings. The van der Waals surface area contributed by atoms with Gasteiger partial charge >= 0.3 is 12.0 Å². The van der Waals surface area contributed by atoms with Crippen LogP contribution in [0, 0.1) is 5.92 Å². The standard InChI is InChI=1S/C13H24N2O5/c1-10(2)8-14(4-6-19-3)13(18)15-5-7-20-9-11(15)12(16)17/h10-11H,4-9H2,1-3H3,(H,16,17). The molecule has 0 aromatic heterocycles. The highest BCUT2D eigenvalue weighted by molar-refractivity contribution is 5.83. The maximum absolute atomic E-state index is 12.5. The molecule has 0 bridgehead atoms. The topological polar surface area (TPSA) is 79.3 Å². The van der Waals surface area contributed by atoms with Crippen LogP contribution in [0.3, 0.4) is 0 Å². The van der Waals surface area contributed by atoms with Gasteiger partial charge in [-0.15, -0.1) is 0 Å². The summed E-state index contributed by atoms with van der Waals surface area (Å²) in [6, 6.07) is -1.17. The Kier molecular flexibility index (Phi) is 6.74. The Balaban J connectivity index is 2.76. The van der Waals surface area contributed by atoms with E-state index in [-0.39, 0.29) is 12.6 Å². The molecule has 0 aromatic carbocycles. The van der Waals surface area contributed by atoms with E-state index in [1.54, 1.807) is 12.0 Å². The highest BCUT2D eigenvalue weighted by Crippen LogP contribution is 2.12. The Labute approximate surface area is 119 Å². The number of carboxylic acid groups (broad SMARTS) is 1. The first-order chi connectivity index (χ1) is 9.47. The molecule has 7 nitrogen and oxygen atoms in total. The molecular weight excluding hydrogens is 264 g/mol. The summed E-state index contributed by atoms with van der Waals surface area (Å²) in [5.41, 5.74) is 0. The molecule has 0 aromatic rings. The molecule has 1 atom stereocenters. The molecule has 0 spiro atoms. The third-order valence-electron chi connectivity index (χ3n) is 3.08. The Hall–Kier alpha value is -1.34. The summed E-state index contributed by atoms with van der Waals surface area (Å²) >= 11 is 0. The quantitative estimate of drug-likeness (QED) is 0.770. The Morgan fingerprint density at radius 3 is 2.75 bits per heavy atom. The summed E-state index contributed by atoms with van der Waals surface area (Å²) in [6.07, 6.45) is 0. The van der Waals surface area contributed by atoms with Crippen LogP contribution in [0.15, 0.2) is 0 Å². The zero-order chi connectivity index (χ0) is 15.1. The average Bonchev–Trinajstić information content (AvgIpc) is 2.42. The molecule has 7 heteroatoms. The second-order valence-electron chi connectivity index (χ2n) is 5.24. The van der Waals surface area contributed by atoms with Gasteiger partial charge in [0.15, 0.2) is 6.04 Å². The molecule has 0 radical (unpaired) electrons. The molecule has 1 aliphatic heterocycles. The number of carbonyl (C=O) groups excluding carboxylic acids is 1. The number of ether oxygens (including phenoxy) is 2. The molecule has 1 heterocycles. The molecule has 1 N–H and O–H groups in total. The highest BCUT2D eigenvalue weighted by atomic mass is 16.5. The van der Waals surface area contributed by atoms with Crippen molar-refractivity contribution in [1.29, 1.82) is 0 Å². The summed E-state index contributed by atoms with van der Waals surface area (Å²) < 4.78 is 10.2. The predicted molar refractivity (Wildman–Crippen MR) is 72.6 cm³/mol. The van der Waals surface area contributed by atoms with Gasteiger partial charge in [-0.25, -0.2) is 9.59 Å². The molecule has 116 valence electrons. The largest absolute Gasteiger partial charge is 0.480 e. The van der Waals surface area contributed by atoms with E-state index >= 15 is 0 Å². The fraction of sp³-hybridized carbons (Fsp3) is 0.846. The number of amides is 2. The molecule has 1 rings (SSSR count). The van der Waals surface area contributed by atoms with E-state index in [2.05, 4.69) is 0 Å². The van der Waals surface area contributed by atoms with Crippen LogP contribution < -0.4 is 0 Å². The lowest BCUT2D eigenvalue weighted by Gasteiger charge is -2.37. The van der Waals surface area contributed by atoms with Gasteiger partial charge in [0, 0.05) is 26.7 Å². The zero-order valence-corrected chi connectivity index (χ0v) is 12.4. The van der Waals surface area contributed by atoms with Crippen LogP contribution in [-0.2, 0) is 14.3 Å². The Bertz CT molecular complexity index is 335. The van der Waals surface area contributed by atoms with E-state index in [1.807, 2.05) is 13.8 Å². The van der Waals surface area contributed by atoms with E-state index in [0.29, 0.717) is 38.8 Å². The number of carboxylic acids is 1. The smallest absolute Gasteiger partial charge is 0.328 e. The van der Waals surface area contributed by atoms with Gasteiger partial charge in [0.25, 0.3) is 0 Å². The molecule has 0 saturated carbocycles. The Morgan fingerprint density at radius 2 is 2.20 bits per heavy atom. The maximum atomic E-state index is 12.5. The number of rotatable bonds is 6. The van der Waals surface area contributed by atoms with E-state index in [1.165, 1.54) is 4.90 Å². The van der Waals surface area contributed by atoms with Crippen molar-refractivity contribution in [3.8, 4) is 0 Å². The summed E-state index contributed by atoms with van der Waals surface area (Å²) in [6.45, 7) is 6.21. The van der Waals surface area contributed by atoms with Crippen LogP contribution in [0.4, 0.5) is 4.79 Å². The van der Waals surface area contributed by atoms with Gasteiger partial charge in [-0.3, -0.25) is 0 Å². The summed E-state index contributed by atoms with van der Waals surface area (Å²) in [5.74, 6) is -0.727. The Morgan fingerprint density at radius 1 is 1.50 bits per heavy atom. The van der Waals surface area contributed by atoms with Crippen molar-refractivity contribution in [2.75, 3.05) is 46.6 Å². The highest BCUT2D eigenvalue weighted by Gasteiger charge is 2.35. The summed E-state index contributed by atoms with van der Waals surface area (Å²) in [4.78, 5) is 26.8. The van der Waals surface area contributed by atoms with E-state index in [9.17, 15) is 14.7 Å². The van der Waals surface area contributed by atoms with Crippen molar-refractivity contribution in [2.24, 2.45) is 5.92 Å². The molecule has 2 amide bonds. The van der Waals surface area contributed by atoms with Crippen molar-refractivity contribution in [2.45, 2.75) is 19.9 Å². The second-order valence-corrected chi connectivity index (χ2v) is 5.24. The van der Waals surface area contributed by atoms with Gasteiger partial charge in [0.05, 0.1) is 19.8 Å². The number of hydrogen-bond donors (Lipinski definition) is 1. The van der Waals surface area contributed by atoms with E-state index in [0.717, 1.165) is 0 Å². The fourth-order valence-corrected chi connectivity index (χ4v) is 2.13. The van der Waals surface area contributed by atoms with Crippen LogP contribution in [0.25, 0.3) is 0 Å². The fourth-order valence-electron chi connectivity index (χ4n) is 2.13. The van der Waals surface area contributed by atoms with Gasteiger partial charge in [-0.1, -0.05) is 13.8 Å². The third-order valence-corrected chi connectivity index (χ3v) is 3.08. The van der Waals surface area contributed by atoms with Crippen molar-refractivity contribution in [3.05, 3.63) is 0 Å². The number of urea groups is 1. The number of hydrogen-bond acceptors (Lipinski definition) is 4. The molecule has 20 heavy (non-hydrogen) atoms. The SMILES string of the molecule is COCCN(CC(C)C)C(=O)N1CCOCC1C(=O)O. The molecule has 1 saturated heterocycles. The van der Waals surface area contributed by atoms with Crippen LogP contribution in [0.5, 0.6) is 0 Å². The number of morpholine rings is 1. The minimum Gasteiger partial charge on any atom is -0.480 e. The summed E-state index contributed by atoms with van der Waals surface area (Å²) in [7, 11) is 1.58. The zero-order valence-electron chi connectivity index (χ0n) is 12.4. The molecule has 1 unspecified atom stereocenters.